The molecule has 10 heavy (non-hydrogen) atoms. The van der Waals surface area contributed by atoms with Crippen LogP contribution in [0.15, 0.2) is 10.5 Å². The Hall–Kier alpha value is -1.32. The molecule has 0 N–H and O–H groups in total. The SMILES string of the molecule is Cc1cc(C)c([N+](=O)[O-])o1. The van der Waals surface area contributed by atoms with E-state index in [1.807, 2.05) is 0 Å². The van der Waals surface area contributed by atoms with Gasteiger partial charge in [0.1, 0.15) is 10.7 Å². The van der Waals surface area contributed by atoms with Gasteiger partial charge in [0.25, 0.3) is 0 Å². The lowest BCUT2D eigenvalue weighted by molar-refractivity contribution is -0.402. The van der Waals surface area contributed by atoms with E-state index in [-0.39, 0.29) is 5.88 Å². The zero-order chi connectivity index (χ0) is 7.72. The van der Waals surface area contributed by atoms with Crippen molar-refractivity contribution in [2.45, 2.75) is 13.8 Å². The lowest BCUT2D eigenvalue weighted by Gasteiger charge is -1.82. The van der Waals surface area contributed by atoms with Crippen molar-refractivity contribution >= 4 is 5.88 Å². The molecular weight excluding hydrogens is 134 g/mol. The van der Waals surface area contributed by atoms with Crippen molar-refractivity contribution in [1.29, 1.82) is 0 Å². The summed E-state index contributed by atoms with van der Waals surface area (Å²) < 4.78 is 4.78. The maximum absolute atomic E-state index is 10.1. The molecule has 0 spiro atoms. The second-order valence-corrected chi connectivity index (χ2v) is 2.10. The molecule has 0 saturated heterocycles. The van der Waals surface area contributed by atoms with Gasteiger partial charge in [-0.1, -0.05) is 0 Å². The maximum atomic E-state index is 10.1. The summed E-state index contributed by atoms with van der Waals surface area (Å²) in [6.45, 7) is 3.33. The molecule has 0 saturated carbocycles. The fourth-order valence-electron chi connectivity index (χ4n) is 0.810. The Bertz CT molecular complexity index is 264. The number of rotatable bonds is 1. The van der Waals surface area contributed by atoms with Gasteiger partial charge in [0.2, 0.25) is 0 Å². The average molecular weight is 141 g/mol. The minimum Gasteiger partial charge on any atom is -0.406 e. The fraction of sp³-hybridized carbons (Fsp3) is 0.333. The van der Waals surface area contributed by atoms with Crippen molar-refractivity contribution in [3.63, 3.8) is 0 Å². The van der Waals surface area contributed by atoms with E-state index in [4.69, 9.17) is 4.42 Å². The number of aryl methyl sites for hydroxylation is 2. The first-order valence-corrected chi connectivity index (χ1v) is 2.82. The third-order valence-electron chi connectivity index (χ3n) is 1.18. The molecule has 0 aliphatic rings. The van der Waals surface area contributed by atoms with Crippen LogP contribution in [0.5, 0.6) is 0 Å². The lowest BCUT2D eigenvalue weighted by Crippen LogP contribution is -1.85. The molecule has 0 radical (unpaired) electrons. The van der Waals surface area contributed by atoms with Crippen LogP contribution in [0.1, 0.15) is 11.3 Å². The molecule has 0 aliphatic carbocycles. The van der Waals surface area contributed by atoms with Gasteiger partial charge in [-0.25, -0.2) is 0 Å². The standard InChI is InChI=1S/C6H7NO3/c1-4-3-5(2)10-6(4)7(8)9/h3H,1-2H3. The van der Waals surface area contributed by atoms with Crippen LogP contribution in [0.4, 0.5) is 5.88 Å². The molecule has 1 heterocycles. The summed E-state index contributed by atoms with van der Waals surface area (Å²) in [5, 5.41) is 10.1. The Labute approximate surface area is 57.6 Å². The summed E-state index contributed by atoms with van der Waals surface area (Å²) in [6.07, 6.45) is 0. The predicted molar refractivity (Wildman–Crippen MR) is 34.8 cm³/mol. The van der Waals surface area contributed by atoms with Gasteiger partial charge in [-0.15, -0.1) is 0 Å². The highest BCUT2D eigenvalue weighted by atomic mass is 16.6. The van der Waals surface area contributed by atoms with Gasteiger partial charge < -0.3 is 4.42 Å². The molecule has 54 valence electrons. The first-order chi connectivity index (χ1) is 4.61. The molecule has 0 aromatic carbocycles. The Kier molecular flexibility index (Phi) is 1.45. The van der Waals surface area contributed by atoms with Crippen LogP contribution >= 0.6 is 0 Å². The van der Waals surface area contributed by atoms with E-state index in [0.29, 0.717) is 11.3 Å². The third-order valence-corrected chi connectivity index (χ3v) is 1.18. The predicted octanol–water partition coefficient (Wildman–Crippen LogP) is 1.80. The van der Waals surface area contributed by atoms with Crippen molar-refractivity contribution in [2.24, 2.45) is 0 Å². The van der Waals surface area contributed by atoms with Crippen LogP contribution in [0.2, 0.25) is 0 Å². The monoisotopic (exact) mass is 141 g/mol. The minimum atomic E-state index is -0.525. The number of nitro groups is 1. The summed E-state index contributed by atoms with van der Waals surface area (Å²) in [7, 11) is 0. The molecule has 0 aliphatic heterocycles. The van der Waals surface area contributed by atoms with Crippen LogP contribution in [0, 0.1) is 24.0 Å². The summed E-state index contributed by atoms with van der Waals surface area (Å²) in [6, 6.07) is 1.64. The van der Waals surface area contributed by atoms with Crippen molar-refractivity contribution in [1.82, 2.24) is 0 Å². The molecule has 0 amide bonds. The van der Waals surface area contributed by atoms with E-state index in [0.717, 1.165) is 0 Å². The number of hydrogen-bond donors (Lipinski definition) is 0. The minimum absolute atomic E-state index is 0.155. The van der Waals surface area contributed by atoms with E-state index in [1.54, 1.807) is 19.9 Å². The molecule has 1 aromatic rings. The zero-order valence-electron chi connectivity index (χ0n) is 5.75. The molecule has 1 rings (SSSR count). The van der Waals surface area contributed by atoms with Gasteiger partial charge in [0.15, 0.2) is 0 Å². The molecule has 0 bridgehead atoms. The lowest BCUT2D eigenvalue weighted by atomic mass is 10.3. The molecular formula is C6H7NO3. The number of nitrogens with zero attached hydrogens (tertiary/aromatic N) is 1. The van der Waals surface area contributed by atoms with Gasteiger partial charge in [0, 0.05) is 0 Å². The van der Waals surface area contributed by atoms with Gasteiger partial charge in [-0.3, -0.25) is 10.1 Å². The largest absolute Gasteiger partial charge is 0.436 e. The highest BCUT2D eigenvalue weighted by molar-refractivity contribution is 5.29. The highest BCUT2D eigenvalue weighted by Gasteiger charge is 2.15. The van der Waals surface area contributed by atoms with Crippen molar-refractivity contribution in [3.05, 3.63) is 27.5 Å². The third kappa shape index (κ3) is 1.00. The smallest absolute Gasteiger partial charge is 0.406 e. The second-order valence-electron chi connectivity index (χ2n) is 2.10. The molecule has 4 nitrogen and oxygen atoms in total. The average Bonchev–Trinajstić information content (AvgIpc) is 2.10. The summed E-state index contributed by atoms with van der Waals surface area (Å²) >= 11 is 0. The molecule has 0 unspecified atom stereocenters. The van der Waals surface area contributed by atoms with Gasteiger partial charge in [-0.05, 0) is 19.9 Å². The van der Waals surface area contributed by atoms with Crippen molar-refractivity contribution in [3.8, 4) is 0 Å². The van der Waals surface area contributed by atoms with Crippen molar-refractivity contribution < 1.29 is 9.34 Å². The van der Waals surface area contributed by atoms with Crippen LogP contribution in [0.3, 0.4) is 0 Å². The van der Waals surface area contributed by atoms with Crippen molar-refractivity contribution in [2.75, 3.05) is 0 Å². The highest BCUT2D eigenvalue weighted by Crippen LogP contribution is 2.20. The zero-order valence-corrected chi connectivity index (χ0v) is 5.75. The van der Waals surface area contributed by atoms with E-state index >= 15 is 0 Å². The maximum Gasteiger partial charge on any atom is 0.436 e. The second kappa shape index (κ2) is 2.13. The first kappa shape index (κ1) is 6.80. The molecule has 4 heteroatoms. The molecule has 1 aromatic heterocycles. The van der Waals surface area contributed by atoms with Gasteiger partial charge in [-0.2, -0.15) is 0 Å². The van der Waals surface area contributed by atoms with Gasteiger partial charge >= 0.3 is 5.88 Å². The van der Waals surface area contributed by atoms with Gasteiger partial charge in [0.05, 0.1) is 5.56 Å². The summed E-state index contributed by atoms with van der Waals surface area (Å²) in [5.74, 6) is 0.418. The van der Waals surface area contributed by atoms with E-state index < -0.39 is 4.92 Å². The van der Waals surface area contributed by atoms with Crippen LogP contribution in [-0.4, -0.2) is 4.92 Å². The molecule has 0 fully saturated rings. The Balaban J connectivity index is 3.15. The van der Waals surface area contributed by atoms with Crippen LogP contribution < -0.4 is 0 Å². The van der Waals surface area contributed by atoms with E-state index in [2.05, 4.69) is 0 Å². The topological polar surface area (TPSA) is 56.3 Å². The summed E-state index contributed by atoms with van der Waals surface area (Å²) in [4.78, 5) is 9.62. The molecule has 0 atom stereocenters. The first-order valence-electron chi connectivity index (χ1n) is 2.82. The Morgan fingerprint density at radius 1 is 1.60 bits per heavy atom. The van der Waals surface area contributed by atoms with Crippen LogP contribution in [0.25, 0.3) is 0 Å². The Morgan fingerprint density at radius 2 is 2.20 bits per heavy atom. The van der Waals surface area contributed by atoms with E-state index in [9.17, 15) is 10.1 Å². The summed E-state index contributed by atoms with van der Waals surface area (Å²) in [5.41, 5.74) is 0.572. The quantitative estimate of drug-likeness (QED) is 0.442. The normalized spacial score (nSPS) is 9.80. The van der Waals surface area contributed by atoms with E-state index in [1.165, 1.54) is 0 Å². The number of furan rings is 1. The number of hydrogen-bond acceptors (Lipinski definition) is 3. The van der Waals surface area contributed by atoms with Crippen LogP contribution in [-0.2, 0) is 0 Å². The Morgan fingerprint density at radius 3 is 2.40 bits per heavy atom. The fourth-order valence-corrected chi connectivity index (χ4v) is 0.810.